The summed E-state index contributed by atoms with van der Waals surface area (Å²) in [5.41, 5.74) is 0. The predicted molar refractivity (Wildman–Crippen MR) is 86.8 cm³/mol. The molecule has 0 fully saturated rings. The molecule has 2 atom stereocenters. The minimum Gasteiger partial charge on any atom is -0.370 e. The van der Waals surface area contributed by atoms with Crippen LogP contribution in [0.5, 0.6) is 0 Å². The Balaban J connectivity index is 2.73. The second-order valence-corrected chi connectivity index (χ2v) is 6.50. The quantitative estimate of drug-likeness (QED) is 0.733. The molecule has 0 saturated heterocycles. The van der Waals surface area contributed by atoms with Crippen LogP contribution in [0.1, 0.15) is 39.4 Å². The van der Waals surface area contributed by atoms with Crippen LogP contribution in [0.4, 0.5) is 11.6 Å². The predicted octanol–water partition coefficient (Wildman–Crippen LogP) is 2.43. The number of nitrogens with zero attached hydrogens (tertiary/aromatic N) is 2. The van der Waals surface area contributed by atoms with Gasteiger partial charge < -0.3 is 10.6 Å². The first kappa shape index (κ1) is 16.9. The van der Waals surface area contributed by atoms with Crippen molar-refractivity contribution < 1.29 is 4.21 Å². The normalized spacial score (nSPS) is 13.8. The van der Waals surface area contributed by atoms with Crippen LogP contribution in [0.2, 0.25) is 0 Å². The Morgan fingerprint density at radius 1 is 1.30 bits per heavy atom. The number of rotatable bonds is 9. The first-order valence-electron chi connectivity index (χ1n) is 7.23. The SMILES string of the molecule is CCCc1nc(NCC)cc(NC(C)CCS(C)=O)n1. The Morgan fingerprint density at radius 3 is 2.60 bits per heavy atom. The molecule has 0 aliphatic heterocycles. The van der Waals surface area contributed by atoms with Crippen molar-refractivity contribution in [1.82, 2.24) is 9.97 Å². The van der Waals surface area contributed by atoms with Gasteiger partial charge in [0, 0.05) is 47.9 Å². The van der Waals surface area contributed by atoms with Crippen LogP contribution < -0.4 is 10.6 Å². The molecule has 0 aliphatic carbocycles. The van der Waals surface area contributed by atoms with Gasteiger partial charge in [0.1, 0.15) is 17.5 Å². The first-order valence-corrected chi connectivity index (χ1v) is 8.96. The third-order valence-corrected chi connectivity index (χ3v) is 3.65. The molecule has 0 amide bonds. The highest BCUT2D eigenvalue weighted by molar-refractivity contribution is 7.84. The molecule has 0 saturated carbocycles. The summed E-state index contributed by atoms with van der Waals surface area (Å²) in [6.45, 7) is 7.09. The van der Waals surface area contributed by atoms with E-state index in [2.05, 4.69) is 34.4 Å². The fraction of sp³-hybridized carbons (Fsp3) is 0.714. The Labute approximate surface area is 124 Å². The molecule has 6 heteroatoms. The minimum absolute atomic E-state index is 0.248. The molecule has 2 unspecified atom stereocenters. The molecule has 0 bridgehead atoms. The van der Waals surface area contributed by atoms with E-state index >= 15 is 0 Å². The number of anilines is 2. The summed E-state index contributed by atoms with van der Waals surface area (Å²) in [5, 5.41) is 6.60. The standard InChI is InChI=1S/C14H26N4OS/c1-5-7-12-17-13(15-6-2)10-14(18-12)16-11(3)8-9-20(4)19/h10-11H,5-9H2,1-4H3,(H2,15,16,17,18). The maximum atomic E-state index is 11.1. The number of aryl methyl sites for hydroxylation is 1. The average Bonchev–Trinajstić information content (AvgIpc) is 2.37. The summed E-state index contributed by atoms with van der Waals surface area (Å²) in [6, 6.07) is 2.18. The van der Waals surface area contributed by atoms with Gasteiger partial charge in [-0.2, -0.15) is 0 Å². The molecule has 1 heterocycles. The van der Waals surface area contributed by atoms with Crippen LogP contribution in [-0.4, -0.2) is 38.8 Å². The van der Waals surface area contributed by atoms with E-state index in [1.165, 1.54) is 0 Å². The second kappa shape index (κ2) is 8.89. The van der Waals surface area contributed by atoms with Crippen molar-refractivity contribution >= 4 is 22.4 Å². The van der Waals surface area contributed by atoms with E-state index in [1.807, 2.05) is 13.0 Å². The van der Waals surface area contributed by atoms with E-state index in [4.69, 9.17) is 0 Å². The summed E-state index contributed by atoms with van der Waals surface area (Å²) < 4.78 is 11.1. The van der Waals surface area contributed by atoms with Crippen molar-refractivity contribution in [2.24, 2.45) is 0 Å². The lowest BCUT2D eigenvalue weighted by Gasteiger charge is -2.15. The number of hydrogen-bond acceptors (Lipinski definition) is 5. The molecule has 114 valence electrons. The summed E-state index contributed by atoms with van der Waals surface area (Å²) in [7, 11) is -0.744. The highest BCUT2D eigenvalue weighted by atomic mass is 32.2. The van der Waals surface area contributed by atoms with Crippen molar-refractivity contribution in [3.05, 3.63) is 11.9 Å². The zero-order valence-corrected chi connectivity index (χ0v) is 13.7. The van der Waals surface area contributed by atoms with Crippen molar-refractivity contribution in [3.8, 4) is 0 Å². The van der Waals surface area contributed by atoms with Crippen LogP contribution >= 0.6 is 0 Å². The fourth-order valence-corrected chi connectivity index (χ4v) is 2.53. The van der Waals surface area contributed by atoms with Gasteiger partial charge in [-0.3, -0.25) is 4.21 Å². The largest absolute Gasteiger partial charge is 0.370 e. The van der Waals surface area contributed by atoms with E-state index in [0.717, 1.165) is 43.3 Å². The summed E-state index contributed by atoms with van der Waals surface area (Å²) in [5.74, 6) is 3.27. The molecule has 2 N–H and O–H groups in total. The molecule has 1 rings (SSSR count). The van der Waals surface area contributed by atoms with Crippen LogP contribution in [0, 0.1) is 0 Å². The van der Waals surface area contributed by atoms with Gasteiger partial charge in [0.25, 0.3) is 0 Å². The fourth-order valence-electron chi connectivity index (χ4n) is 1.85. The third-order valence-electron chi connectivity index (χ3n) is 2.84. The Kier molecular flexibility index (Phi) is 7.51. The van der Waals surface area contributed by atoms with Crippen LogP contribution in [0.15, 0.2) is 6.07 Å². The molecule has 1 aromatic rings. The van der Waals surface area contributed by atoms with Gasteiger partial charge in [0.2, 0.25) is 0 Å². The lowest BCUT2D eigenvalue weighted by atomic mass is 10.2. The molecule has 5 nitrogen and oxygen atoms in total. The Morgan fingerprint density at radius 2 is 2.00 bits per heavy atom. The third kappa shape index (κ3) is 6.32. The number of aromatic nitrogens is 2. The molecule has 0 radical (unpaired) electrons. The molecule has 1 aromatic heterocycles. The van der Waals surface area contributed by atoms with Gasteiger partial charge in [-0.25, -0.2) is 9.97 Å². The summed E-state index contributed by atoms with van der Waals surface area (Å²) in [4.78, 5) is 9.02. The van der Waals surface area contributed by atoms with Crippen LogP contribution in [0.25, 0.3) is 0 Å². The molecule has 0 spiro atoms. The molecular weight excluding hydrogens is 272 g/mol. The van der Waals surface area contributed by atoms with Gasteiger partial charge in [0.05, 0.1) is 0 Å². The summed E-state index contributed by atoms with van der Waals surface area (Å²) >= 11 is 0. The van der Waals surface area contributed by atoms with E-state index in [0.29, 0.717) is 5.75 Å². The Hall–Kier alpha value is -1.17. The maximum Gasteiger partial charge on any atom is 0.133 e. The second-order valence-electron chi connectivity index (χ2n) is 4.95. The van der Waals surface area contributed by atoms with Gasteiger partial charge in [-0.1, -0.05) is 6.92 Å². The smallest absolute Gasteiger partial charge is 0.133 e. The van der Waals surface area contributed by atoms with E-state index in [1.54, 1.807) is 6.26 Å². The van der Waals surface area contributed by atoms with Gasteiger partial charge in [-0.15, -0.1) is 0 Å². The maximum absolute atomic E-state index is 11.1. The van der Waals surface area contributed by atoms with Crippen LogP contribution in [0.3, 0.4) is 0 Å². The van der Waals surface area contributed by atoms with E-state index < -0.39 is 10.8 Å². The Bertz CT molecular complexity index is 415. The number of hydrogen-bond donors (Lipinski definition) is 2. The molecule has 0 aliphatic rings. The zero-order chi connectivity index (χ0) is 15.0. The first-order chi connectivity index (χ1) is 9.55. The lowest BCUT2D eigenvalue weighted by Crippen LogP contribution is -2.19. The van der Waals surface area contributed by atoms with Gasteiger partial charge in [0.15, 0.2) is 0 Å². The van der Waals surface area contributed by atoms with E-state index in [9.17, 15) is 4.21 Å². The monoisotopic (exact) mass is 298 g/mol. The average molecular weight is 298 g/mol. The van der Waals surface area contributed by atoms with Crippen molar-refractivity contribution in [1.29, 1.82) is 0 Å². The zero-order valence-electron chi connectivity index (χ0n) is 12.9. The highest BCUT2D eigenvalue weighted by Gasteiger charge is 2.08. The van der Waals surface area contributed by atoms with E-state index in [-0.39, 0.29) is 6.04 Å². The van der Waals surface area contributed by atoms with Crippen molar-refractivity contribution in [2.75, 3.05) is 29.2 Å². The number of nitrogens with one attached hydrogen (secondary N) is 2. The topological polar surface area (TPSA) is 66.9 Å². The molecular formula is C14H26N4OS. The molecule has 0 aromatic carbocycles. The van der Waals surface area contributed by atoms with Crippen molar-refractivity contribution in [2.45, 2.75) is 46.1 Å². The van der Waals surface area contributed by atoms with Crippen molar-refractivity contribution in [3.63, 3.8) is 0 Å². The lowest BCUT2D eigenvalue weighted by molar-refractivity contribution is 0.678. The van der Waals surface area contributed by atoms with Gasteiger partial charge in [-0.05, 0) is 26.7 Å². The van der Waals surface area contributed by atoms with Crippen LogP contribution in [-0.2, 0) is 17.2 Å². The summed E-state index contributed by atoms with van der Waals surface area (Å²) in [6.07, 6.45) is 4.51. The minimum atomic E-state index is -0.744. The van der Waals surface area contributed by atoms with Gasteiger partial charge >= 0.3 is 0 Å². The molecule has 20 heavy (non-hydrogen) atoms. The highest BCUT2D eigenvalue weighted by Crippen LogP contribution is 2.14.